The summed E-state index contributed by atoms with van der Waals surface area (Å²) < 4.78 is 29.9. The van der Waals surface area contributed by atoms with E-state index in [4.69, 9.17) is 11.6 Å². The molecule has 194 valence electrons. The minimum absolute atomic E-state index is 0.0891. The van der Waals surface area contributed by atoms with E-state index in [1.807, 2.05) is 61.5 Å². The lowest BCUT2D eigenvalue weighted by Gasteiger charge is -2.10. The number of carbonyl (C=O) groups excluding carboxylic acids is 1. The van der Waals surface area contributed by atoms with Gasteiger partial charge in [-0.3, -0.25) is 9.48 Å². The second-order valence-corrected chi connectivity index (χ2v) is 11.6. The number of benzene rings is 4. The summed E-state index contributed by atoms with van der Waals surface area (Å²) in [5.41, 5.74) is 1.85. The van der Waals surface area contributed by atoms with Gasteiger partial charge in [-0.05, 0) is 61.4 Å². The zero-order chi connectivity index (χ0) is 26.9. The predicted molar refractivity (Wildman–Crippen MR) is 151 cm³/mol. The van der Waals surface area contributed by atoms with Gasteiger partial charge in [0, 0.05) is 34.4 Å². The summed E-state index contributed by atoms with van der Waals surface area (Å²) >= 11 is 6.19. The minimum Gasteiger partial charge on any atom is -0.351 e. The first kappa shape index (κ1) is 25.9. The molecular weight excluding hydrogens is 520 g/mol. The number of hydrogen-bond donors (Lipinski definition) is 1. The molecule has 1 amide bonds. The van der Waals surface area contributed by atoms with Crippen molar-refractivity contribution in [1.82, 2.24) is 20.0 Å². The van der Waals surface area contributed by atoms with Crippen LogP contribution in [0, 0.1) is 0 Å². The fourth-order valence-corrected chi connectivity index (χ4v) is 6.26. The molecule has 38 heavy (non-hydrogen) atoms. The lowest BCUT2D eigenvalue weighted by Crippen LogP contribution is -2.31. The van der Waals surface area contributed by atoms with Crippen LogP contribution in [0.1, 0.15) is 15.9 Å². The Hall–Kier alpha value is -3.72. The average Bonchev–Trinajstić information content (AvgIpc) is 3.26. The number of fused-ring (bicyclic) bond motifs is 2. The van der Waals surface area contributed by atoms with E-state index in [0.29, 0.717) is 46.5 Å². The number of halogens is 1. The molecule has 0 saturated carbocycles. The van der Waals surface area contributed by atoms with E-state index in [1.54, 1.807) is 47.1 Å². The van der Waals surface area contributed by atoms with E-state index in [0.717, 1.165) is 10.9 Å². The summed E-state index contributed by atoms with van der Waals surface area (Å²) in [5, 5.41) is 9.81. The van der Waals surface area contributed by atoms with Crippen LogP contribution < -0.4 is 5.32 Å². The highest BCUT2D eigenvalue weighted by Crippen LogP contribution is 2.33. The summed E-state index contributed by atoms with van der Waals surface area (Å²) in [4.78, 5) is 15.0. The van der Waals surface area contributed by atoms with Crippen molar-refractivity contribution in [3.05, 3.63) is 101 Å². The quantitative estimate of drug-likeness (QED) is 0.295. The lowest BCUT2D eigenvalue weighted by molar-refractivity contribution is 0.0951. The number of rotatable bonds is 8. The summed E-state index contributed by atoms with van der Waals surface area (Å²) in [7, 11) is -0.184. The number of hydrogen-bond acceptors (Lipinski definition) is 5. The van der Waals surface area contributed by atoms with Gasteiger partial charge in [-0.1, -0.05) is 60.1 Å². The molecule has 5 aromatic rings. The van der Waals surface area contributed by atoms with Crippen LogP contribution in [0.15, 0.2) is 94.9 Å². The van der Waals surface area contributed by atoms with E-state index in [-0.39, 0.29) is 15.8 Å². The Morgan fingerprint density at radius 2 is 1.71 bits per heavy atom. The molecule has 1 N–H and O–H groups in total. The van der Waals surface area contributed by atoms with Gasteiger partial charge >= 0.3 is 0 Å². The van der Waals surface area contributed by atoms with Crippen molar-refractivity contribution in [1.29, 1.82) is 0 Å². The molecule has 0 bridgehead atoms. The van der Waals surface area contributed by atoms with Crippen LogP contribution in [0.4, 0.5) is 0 Å². The molecule has 4 aromatic carbocycles. The molecule has 0 aliphatic heterocycles. The molecule has 0 aliphatic carbocycles. The molecule has 7 nitrogen and oxygen atoms in total. The zero-order valence-electron chi connectivity index (χ0n) is 21.1. The van der Waals surface area contributed by atoms with Gasteiger partial charge in [-0.2, -0.15) is 5.10 Å². The lowest BCUT2D eigenvalue weighted by atomic mass is 10.1. The van der Waals surface area contributed by atoms with E-state index in [1.165, 1.54) is 0 Å². The molecule has 0 fully saturated rings. The molecule has 5 rings (SSSR count). The second-order valence-electron chi connectivity index (χ2n) is 9.36. The highest BCUT2D eigenvalue weighted by Gasteiger charge is 2.28. The Kier molecular flexibility index (Phi) is 7.21. The minimum atomic E-state index is -4.04. The monoisotopic (exact) mass is 546 g/mol. The van der Waals surface area contributed by atoms with E-state index in [2.05, 4.69) is 10.4 Å². The van der Waals surface area contributed by atoms with Crippen LogP contribution in [-0.2, 0) is 16.4 Å². The molecule has 1 aromatic heterocycles. The van der Waals surface area contributed by atoms with E-state index >= 15 is 0 Å². The number of nitrogens with zero attached hydrogens (tertiary/aromatic N) is 3. The Bertz CT molecular complexity index is 1760. The Balaban J connectivity index is 1.65. The molecule has 0 radical (unpaired) electrons. The largest absolute Gasteiger partial charge is 0.351 e. The zero-order valence-corrected chi connectivity index (χ0v) is 22.6. The number of sulfone groups is 1. The average molecular weight is 547 g/mol. The number of amides is 1. The maximum absolute atomic E-state index is 14.1. The fourth-order valence-electron chi connectivity index (χ4n) is 4.45. The van der Waals surface area contributed by atoms with Crippen molar-refractivity contribution in [3.8, 4) is 0 Å². The SMILES string of the molecule is CN(C)CCNC(=O)c1ccc2c(c1)c(S(=O)(=O)c1cccc3ccccc13)nn2Cc1cccc(Cl)c1. The highest BCUT2D eigenvalue weighted by atomic mass is 35.5. The van der Waals surface area contributed by atoms with Gasteiger partial charge in [0.05, 0.1) is 17.0 Å². The predicted octanol–water partition coefficient (Wildman–Crippen LogP) is 5.02. The van der Waals surface area contributed by atoms with Gasteiger partial charge in [0.25, 0.3) is 5.91 Å². The van der Waals surface area contributed by atoms with E-state index in [9.17, 15) is 13.2 Å². The summed E-state index contributed by atoms with van der Waals surface area (Å²) in [6.45, 7) is 1.47. The van der Waals surface area contributed by atoms with Crippen LogP contribution in [-0.4, -0.2) is 56.2 Å². The Labute approximate surface area is 226 Å². The van der Waals surface area contributed by atoms with Gasteiger partial charge in [-0.15, -0.1) is 0 Å². The van der Waals surface area contributed by atoms with Crippen LogP contribution in [0.25, 0.3) is 21.7 Å². The van der Waals surface area contributed by atoms with Crippen molar-refractivity contribution in [3.63, 3.8) is 0 Å². The van der Waals surface area contributed by atoms with Gasteiger partial charge in [0.1, 0.15) is 0 Å². The van der Waals surface area contributed by atoms with Crippen LogP contribution in [0.5, 0.6) is 0 Å². The van der Waals surface area contributed by atoms with Gasteiger partial charge in [-0.25, -0.2) is 8.42 Å². The third kappa shape index (κ3) is 5.15. The first-order valence-electron chi connectivity index (χ1n) is 12.1. The summed E-state index contributed by atoms with van der Waals surface area (Å²) in [5.74, 6) is -0.273. The van der Waals surface area contributed by atoms with Crippen LogP contribution >= 0.6 is 11.6 Å². The van der Waals surface area contributed by atoms with Crippen molar-refractivity contribution < 1.29 is 13.2 Å². The standard InChI is InChI=1S/C29H27ClN4O3S/c1-33(2)16-15-31-28(35)22-13-14-26-25(18-22)29(32-34(26)19-20-7-5-10-23(30)17-20)38(36,37)27-12-6-9-21-8-3-4-11-24(21)27/h3-14,17-18H,15-16,19H2,1-2H3,(H,31,35). The van der Waals surface area contributed by atoms with Gasteiger partial charge < -0.3 is 10.2 Å². The fraction of sp³-hybridized carbons (Fsp3) is 0.172. The van der Waals surface area contributed by atoms with Crippen molar-refractivity contribution in [2.24, 2.45) is 0 Å². The summed E-state index contributed by atoms with van der Waals surface area (Å²) in [6.07, 6.45) is 0. The van der Waals surface area contributed by atoms with E-state index < -0.39 is 9.84 Å². The molecular formula is C29H27ClN4O3S. The maximum Gasteiger partial charge on any atom is 0.251 e. The third-order valence-corrected chi connectivity index (χ3v) is 8.32. The Morgan fingerprint density at radius 1 is 0.947 bits per heavy atom. The molecule has 9 heteroatoms. The first-order valence-corrected chi connectivity index (χ1v) is 14.0. The number of nitrogens with one attached hydrogen (secondary N) is 1. The topological polar surface area (TPSA) is 84.3 Å². The smallest absolute Gasteiger partial charge is 0.251 e. The Morgan fingerprint density at radius 3 is 2.50 bits per heavy atom. The third-order valence-electron chi connectivity index (χ3n) is 6.34. The van der Waals surface area contributed by atoms with Crippen LogP contribution in [0.3, 0.4) is 0 Å². The number of aromatic nitrogens is 2. The van der Waals surface area contributed by atoms with Crippen molar-refractivity contribution in [2.45, 2.75) is 16.5 Å². The number of likely N-dealkylation sites (N-methyl/N-ethyl adjacent to an activating group) is 1. The van der Waals surface area contributed by atoms with Crippen molar-refractivity contribution in [2.75, 3.05) is 27.2 Å². The first-order chi connectivity index (χ1) is 18.2. The maximum atomic E-state index is 14.1. The molecule has 0 atom stereocenters. The molecule has 1 heterocycles. The summed E-state index contributed by atoms with van der Waals surface area (Å²) in [6, 6.07) is 24.9. The molecule has 0 spiro atoms. The highest BCUT2D eigenvalue weighted by molar-refractivity contribution is 7.91. The molecule has 0 unspecified atom stereocenters. The van der Waals surface area contributed by atoms with Gasteiger partial charge in [0.2, 0.25) is 9.84 Å². The van der Waals surface area contributed by atoms with Crippen molar-refractivity contribution >= 4 is 49.0 Å². The number of carbonyl (C=O) groups is 1. The van der Waals surface area contributed by atoms with Crippen LogP contribution in [0.2, 0.25) is 5.02 Å². The molecule has 0 saturated heterocycles. The van der Waals surface area contributed by atoms with Gasteiger partial charge in [0.15, 0.2) is 5.03 Å². The second kappa shape index (κ2) is 10.6. The molecule has 0 aliphatic rings. The normalized spacial score (nSPS) is 11.9.